The summed E-state index contributed by atoms with van der Waals surface area (Å²) in [6.07, 6.45) is 0. The van der Waals surface area contributed by atoms with Gasteiger partial charge in [0, 0.05) is 6.54 Å². The van der Waals surface area contributed by atoms with Crippen LogP contribution < -0.4 is 4.31 Å². The quantitative estimate of drug-likeness (QED) is 0.918. The summed E-state index contributed by atoms with van der Waals surface area (Å²) in [5.41, 5.74) is -0.0445. The molecule has 0 saturated carbocycles. The first kappa shape index (κ1) is 14.5. The van der Waals surface area contributed by atoms with Crippen LogP contribution in [0.4, 0.5) is 10.1 Å². The number of aliphatic hydroxyl groups is 1. The number of nitrogens with zero attached hydrogens (tertiary/aromatic N) is 1. The third-order valence-corrected chi connectivity index (χ3v) is 4.51. The molecule has 0 amide bonds. The van der Waals surface area contributed by atoms with Gasteiger partial charge in [0.1, 0.15) is 18.2 Å². The molecule has 0 saturated heterocycles. The van der Waals surface area contributed by atoms with Gasteiger partial charge in [-0.3, -0.25) is 4.31 Å². The highest BCUT2D eigenvalue weighted by molar-refractivity contribution is 7.92. The topological polar surface area (TPSA) is 70.8 Å². The second-order valence-corrected chi connectivity index (χ2v) is 5.79. The maximum Gasteiger partial charge on any atom is 0.297 e. The van der Waals surface area contributed by atoms with Crippen LogP contribution in [0.25, 0.3) is 0 Å². The van der Waals surface area contributed by atoms with Crippen molar-refractivity contribution in [1.29, 1.82) is 0 Å². The van der Waals surface area contributed by atoms with Crippen LogP contribution >= 0.6 is 0 Å². The lowest BCUT2D eigenvalue weighted by Gasteiger charge is -2.21. The number of aliphatic hydroxyl groups excluding tert-OH is 1. The van der Waals surface area contributed by atoms with Gasteiger partial charge < -0.3 is 9.52 Å². The van der Waals surface area contributed by atoms with Crippen molar-refractivity contribution in [2.75, 3.05) is 10.8 Å². The monoisotopic (exact) mass is 299 g/mol. The van der Waals surface area contributed by atoms with Gasteiger partial charge in [-0.15, -0.1) is 0 Å². The molecule has 20 heavy (non-hydrogen) atoms. The number of para-hydroxylation sites is 1. The smallest absolute Gasteiger partial charge is 0.297 e. The van der Waals surface area contributed by atoms with Gasteiger partial charge in [0.05, 0.1) is 5.69 Å². The molecule has 1 heterocycles. The molecular weight excluding hydrogens is 285 g/mol. The Hall–Kier alpha value is -1.86. The zero-order valence-corrected chi connectivity index (χ0v) is 11.6. The first-order chi connectivity index (χ1) is 9.50. The Morgan fingerprint density at radius 3 is 2.50 bits per heavy atom. The standard InChI is InChI=1S/C13H14FNO4S/c1-2-15(12-6-4-3-5-11(12)14)20(17,18)13-8-7-10(9-16)19-13/h3-8,16H,2,9H2,1H3. The molecule has 108 valence electrons. The first-order valence-electron chi connectivity index (χ1n) is 5.97. The Kier molecular flexibility index (Phi) is 4.10. The number of benzene rings is 1. The Morgan fingerprint density at radius 2 is 1.95 bits per heavy atom. The van der Waals surface area contributed by atoms with Crippen LogP contribution in [0.5, 0.6) is 0 Å². The molecule has 1 aromatic carbocycles. The fourth-order valence-electron chi connectivity index (χ4n) is 1.81. The first-order valence-corrected chi connectivity index (χ1v) is 7.41. The number of rotatable bonds is 5. The summed E-state index contributed by atoms with van der Waals surface area (Å²) in [5, 5.41) is 8.58. The van der Waals surface area contributed by atoms with E-state index in [2.05, 4.69) is 0 Å². The molecule has 0 spiro atoms. The second kappa shape index (κ2) is 5.64. The van der Waals surface area contributed by atoms with Crippen LogP contribution in [0.15, 0.2) is 45.9 Å². The van der Waals surface area contributed by atoms with Crippen molar-refractivity contribution in [2.45, 2.75) is 18.6 Å². The minimum atomic E-state index is -4.00. The zero-order valence-electron chi connectivity index (χ0n) is 10.8. The van der Waals surface area contributed by atoms with Gasteiger partial charge >= 0.3 is 0 Å². The zero-order chi connectivity index (χ0) is 14.8. The molecule has 7 heteroatoms. The van der Waals surface area contributed by atoms with Crippen molar-refractivity contribution < 1.29 is 22.3 Å². The van der Waals surface area contributed by atoms with Gasteiger partial charge in [0.2, 0.25) is 5.09 Å². The van der Waals surface area contributed by atoms with E-state index in [9.17, 15) is 12.8 Å². The highest BCUT2D eigenvalue weighted by atomic mass is 32.2. The van der Waals surface area contributed by atoms with E-state index in [1.165, 1.54) is 30.3 Å². The number of hydrogen-bond donors (Lipinski definition) is 1. The molecule has 0 unspecified atom stereocenters. The number of halogens is 1. The molecule has 0 atom stereocenters. The predicted octanol–water partition coefficient (Wildman–Crippen LogP) is 2.13. The fraction of sp³-hybridized carbons (Fsp3) is 0.231. The summed E-state index contributed by atoms with van der Waals surface area (Å²) < 4.78 is 44.6. The minimum Gasteiger partial charge on any atom is -0.445 e. The van der Waals surface area contributed by atoms with E-state index in [0.29, 0.717) is 0 Å². The van der Waals surface area contributed by atoms with Crippen LogP contribution in [-0.4, -0.2) is 20.1 Å². The van der Waals surface area contributed by atoms with Crippen molar-refractivity contribution in [1.82, 2.24) is 0 Å². The molecule has 0 bridgehead atoms. The maximum absolute atomic E-state index is 13.8. The van der Waals surface area contributed by atoms with Crippen LogP contribution in [-0.2, 0) is 16.6 Å². The number of anilines is 1. The summed E-state index contributed by atoms with van der Waals surface area (Å²) in [6, 6.07) is 8.21. The Bertz CT molecular complexity index is 696. The van der Waals surface area contributed by atoms with E-state index in [4.69, 9.17) is 9.52 Å². The van der Waals surface area contributed by atoms with Gasteiger partial charge in [-0.25, -0.2) is 4.39 Å². The van der Waals surface area contributed by atoms with Gasteiger partial charge in [0.15, 0.2) is 0 Å². The molecule has 5 nitrogen and oxygen atoms in total. The summed E-state index contributed by atoms with van der Waals surface area (Å²) in [6.45, 7) is 1.25. The van der Waals surface area contributed by atoms with E-state index in [1.54, 1.807) is 13.0 Å². The van der Waals surface area contributed by atoms with Crippen molar-refractivity contribution in [3.8, 4) is 0 Å². The summed E-state index contributed by atoms with van der Waals surface area (Å²) >= 11 is 0. The molecule has 1 aromatic heterocycles. The average molecular weight is 299 g/mol. The summed E-state index contributed by atoms with van der Waals surface area (Å²) in [4.78, 5) is 0. The van der Waals surface area contributed by atoms with E-state index in [-0.39, 0.29) is 23.1 Å². The molecule has 0 aliphatic rings. The van der Waals surface area contributed by atoms with E-state index < -0.39 is 22.4 Å². The molecule has 0 aliphatic heterocycles. The van der Waals surface area contributed by atoms with Gasteiger partial charge in [0.25, 0.3) is 10.0 Å². The van der Waals surface area contributed by atoms with Crippen LogP contribution in [0, 0.1) is 5.82 Å². The van der Waals surface area contributed by atoms with Crippen LogP contribution in [0.3, 0.4) is 0 Å². The van der Waals surface area contributed by atoms with Crippen LogP contribution in [0.2, 0.25) is 0 Å². The molecule has 2 aromatic rings. The molecule has 2 rings (SSSR count). The van der Waals surface area contributed by atoms with Crippen molar-refractivity contribution in [3.63, 3.8) is 0 Å². The molecule has 0 fully saturated rings. The normalized spacial score (nSPS) is 11.6. The highest BCUT2D eigenvalue weighted by Crippen LogP contribution is 2.26. The van der Waals surface area contributed by atoms with Crippen molar-refractivity contribution in [2.24, 2.45) is 0 Å². The lowest BCUT2D eigenvalue weighted by molar-refractivity contribution is 0.236. The highest BCUT2D eigenvalue weighted by Gasteiger charge is 2.28. The number of hydrogen-bond acceptors (Lipinski definition) is 4. The lowest BCUT2D eigenvalue weighted by atomic mass is 10.3. The number of sulfonamides is 1. The van der Waals surface area contributed by atoms with Crippen molar-refractivity contribution >= 4 is 15.7 Å². The van der Waals surface area contributed by atoms with Crippen molar-refractivity contribution in [3.05, 3.63) is 48.0 Å². The Labute approximate surface area is 116 Å². The lowest BCUT2D eigenvalue weighted by Crippen LogP contribution is -2.31. The van der Waals surface area contributed by atoms with Gasteiger partial charge in [-0.2, -0.15) is 8.42 Å². The molecule has 0 radical (unpaired) electrons. The van der Waals surface area contributed by atoms with Gasteiger partial charge in [-0.05, 0) is 31.2 Å². The largest absolute Gasteiger partial charge is 0.445 e. The predicted molar refractivity (Wildman–Crippen MR) is 71.2 cm³/mol. The molecule has 0 aliphatic carbocycles. The molecule has 1 N–H and O–H groups in total. The summed E-state index contributed by atoms with van der Waals surface area (Å²) in [7, 11) is -4.00. The number of furan rings is 1. The fourth-order valence-corrected chi connectivity index (χ4v) is 3.23. The second-order valence-electron chi connectivity index (χ2n) is 4.00. The average Bonchev–Trinajstić information content (AvgIpc) is 2.91. The van der Waals surface area contributed by atoms with E-state index >= 15 is 0 Å². The van der Waals surface area contributed by atoms with Gasteiger partial charge in [-0.1, -0.05) is 12.1 Å². The SMILES string of the molecule is CCN(c1ccccc1F)S(=O)(=O)c1ccc(CO)o1. The Morgan fingerprint density at radius 1 is 1.25 bits per heavy atom. The third-order valence-electron chi connectivity index (χ3n) is 2.75. The minimum absolute atomic E-state index is 0.0445. The Balaban J connectivity index is 2.48. The maximum atomic E-state index is 13.8. The van der Waals surface area contributed by atoms with E-state index in [0.717, 1.165) is 4.31 Å². The summed E-state index contributed by atoms with van der Waals surface area (Å²) in [5.74, 6) is -0.500. The van der Waals surface area contributed by atoms with E-state index in [1.807, 2.05) is 0 Å². The van der Waals surface area contributed by atoms with Crippen LogP contribution in [0.1, 0.15) is 12.7 Å². The molecular formula is C13H14FNO4S. The third kappa shape index (κ3) is 2.54.